The Morgan fingerprint density at radius 2 is 2.07 bits per heavy atom. The lowest BCUT2D eigenvalue weighted by molar-refractivity contribution is -0.145. The van der Waals surface area contributed by atoms with Crippen molar-refractivity contribution in [1.82, 2.24) is 0 Å². The van der Waals surface area contributed by atoms with Gasteiger partial charge in [0.15, 0.2) is 0 Å². The average molecular weight is 209 g/mol. The smallest absolute Gasteiger partial charge is 0.327 e. The topological polar surface area (TPSA) is 72.5 Å². The number of carbonyl (C=O) groups excluding carboxylic acids is 1. The van der Waals surface area contributed by atoms with Crippen molar-refractivity contribution in [1.29, 1.82) is 0 Å². The second-order valence-electron chi connectivity index (χ2n) is 3.24. The third-order valence-electron chi connectivity index (χ3n) is 1.95. The van der Waals surface area contributed by atoms with Crippen molar-refractivity contribution in [2.75, 3.05) is 6.61 Å². The van der Waals surface area contributed by atoms with E-state index < -0.39 is 12.0 Å². The van der Waals surface area contributed by atoms with Gasteiger partial charge < -0.3 is 15.6 Å². The van der Waals surface area contributed by atoms with E-state index in [2.05, 4.69) is 0 Å². The molecule has 0 spiro atoms. The van der Waals surface area contributed by atoms with Crippen molar-refractivity contribution >= 4 is 5.97 Å². The first-order valence-electron chi connectivity index (χ1n) is 4.86. The van der Waals surface area contributed by atoms with Gasteiger partial charge in [0.1, 0.15) is 11.8 Å². The van der Waals surface area contributed by atoms with Crippen LogP contribution in [0, 0.1) is 0 Å². The predicted molar refractivity (Wildman–Crippen MR) is 56.3 cm³/mol. The van der Waals surface area contributed by atoms with Crippen LogP contribution in [0.1, 0.15) is 24.9 Å². The zero-order valence-electron chi connectivity index (χ0n) is 8.64. The molecule has 0 saturated heterocycles. The molecule has 1 aromatic rings. The minimum Gasteiger partial charge on any atom is -0.508 e. The fraction of sp³-hybridized carbons (Fsp3) is 0.364. The molecule has 0 aliphatic rings. The minimum absolute atomic E-state index is 0.146. The van der Waals surface area contributed by atoms with Crippen molar-refractivity contribution < 1.29 is 14.6 Å². The molecule has 15 heavy (non-hydrogen) atoms. The number of aromatic hydroxyl groups is 1. The molecule has 0 fully saturated rings. The van der Waals surface area contributed by atoms with Crippen LogP contribution in [-0.4, -0.2) is 17.7 Å². The Kier molecular flexibility index (Phi) is 4.12. The lowest BCUT2D eigenvalue weighted by atomic mass is 10.1. The van der Waals surface area contributed by atoms with E-state index >= 15 is 0 Å². The molecule has 82 valence electrons. The summed E-state index contributed by atoms with van der Waals surface area (Å²) < 4.78 is 4.91. The summed E-state index contributed by atoms with van der Waals surface area (Å²) in [4.78, 5) is 11.4. The Balaban J connectivity index is 2.63. The van der Waals surface area contributed by atoms with Gasteiger partial charge in [-0.1, -0.05) is 19.1 Å². The fourth-order valence-electron chi connectivity index (χ4n) is 1.11. The van der Waals surface area contributed by atoms with Gasteiger partial charge in [-0.3, -0.25) is 0 Å². The van der Waals surface area contributed by atoms with E-state index in [0.29, 0.717) is 12.2 Å². The van der Waals surface area contributed by atoms with Crippen LogP contribution in [0.4, 0.5) is 0 Å². The standard InChI is InChI=1S/C11H15NO3/c1-2-7-15-11(14)10(12)8-3-5-9(13)6-4-8/h3-6,10,13H,2,7,12H2,1H3/t10-/m0/s1. The molecule has 4 heteroatoms. The maximum atomic E-state index is 11.4. The van der Waals surface area contributed by atoms with Crippen molar-refractivity contribution in [3.05, 3.63) is 29.8 Å². The van der Waals surface area contributed by atoms with Crippen LogP contribution >= 0.6 is 0 Å². The van der Waals surface area contributed by atoms with E-state index in [0.717, 1.165) is 6.42 Å². The van der Waals surface area contributed by atoms with E-state index in [1.165, 1.54) is 12.1 Å². The number of nitrogens with two attached hydrogens (primary N) is 1. The molecule has 1 rings (SSSR count). The van der Waals surface area contributed by atoms with Gasteiger partial charge >= 0.3 is 5.97 Å². The van der Waals surface area contributed by atoms with Gasteiger partial charge in [-0.2, -0.15) is 0 Å². The summed E-state index contributed by atoms with van der Waals surface area (Å²) >= 11 is 0. The number of phenols is 1. The van der Waals surface area contributed by atoms with Crippen LogP contribution < -0.4 is 5.73 Å². The highest BCUT2D eigenvalue weighted by Gasteiger charge is 2.16. The molecule has 1 aromatic carbocycles. The normalized spacial score (nSPS) is 12.1. The summed E-state index contributed by atoms with van der Waals surface area (Å²) in [6.07, 6.45) is 0.772. The van der Waals surface area contributed by atoms with Gasteiger partial charge in [0, 0.05) is 0 Å². The first-order chi connectivity index (χ1) is 7.15. The molecule has 0 radical (unpaired) electrons. The number of rotatable bonds is 4. The number of carbonyl (C=O) groups is 1. The Morgan fingerprint density at radius 3 is 2.60 bits per heavy atom. The van der Waals surface area contributed by atoms with Crippen LogP contribution in [0.25, 0.3) is 0 Å². The van der Waals surface area contributed by atoms with Crippen LogP contribution in [-0.2, 0) is 9.53 Å². The quantitative estimate of drug-likeness (QED) is 0.734. The summed E-state index contributed by atoms with van der Waals surface area (Å²) in [7, 11) is 0. The molecule has 0 aliphatic carbocycles. The highest BCUT2D eigenvalue weighted by atomic mass is 16.5. The van der Waals surface area contributed by atoms with Crippen LogP contribution in [0.2, 0.25) is 0 Å². The summed E-state index contributed by atoms with van der Waals surface area (Å²) in [5.74, 6) is -0.296. The SMILES string of the molecule is CCCOC(=O)[C@@H](N)c1ccc(O)cc1. The monoisotopic (exact) mass is 209 g/mol. The number of phenolic OH excluding ortho intramolecular Hbond substituents is 1. The average Bonchev–Trinajstić information content (AvgIpc) is 2.26. The molecule has 0 heterocycles. The third kappa shape index (κ3) is 3.25. The summed E-state index contributed by atoms with van der Waals surface area (Å²) in [6.45, 7) is 2.30. The lowest BCUT2D eigenvalue weighted by Crippen LogP contribution is -2.23. The van der Waals surface area contributed by atoms with E-state index in [1.54, 1.807) is 12.1 Å². The van der Waals surface area contributed by atoms with Gasteiger partial charge in [0.2, 0.25) is 0 Å². The molecule has 4 nitrogen and oxygen atoms in total. The molecule has 0 bridgehead atoms. The zero-order valence-corrected chi connectivity index (χ0v) is 8.64. The Bertz CT molecular complexity index is 321. The number of esters is 1. The molecule has 0 aliphatic heterocycles. The molecular formula is C11H15NO3. The van der Waals surface area contributed by atoms with Gasteiger partial charge in [0.25, 0.3) is 0 Å². The minimum atomic E-state index is -0.780. The van der Waals surface area contributed by atoms with Crippen molar-refractivity contribution in [2.45, 2.75) is 19.4 Å². The van der Waals surface area contributed by atoms with Crippen molar-refractivity contribution in [2.24, 2.45) is 5.73 Å². The van der Waals surface area contributed by atoms with E-state index in [9.17, 15) is 4.79 Å². The Hall–Kier alpha value is -1.55. The fourth-order valence-corrected chi connectivity index (χ4v) is 1.11. The maximum Gasteiger partial charge on any atom is 0.327 e. The number of benzene rings is 1. The second-order valence-corrected chi connectivity index (χ2v) is 3.24. The van der Waals surface area contributed by atoms with Crippen LogP contribution in [0.3, 0.4) is 0 Å². The van der Waals surface area contributed by atoms with Gasteiger partial charge in [-0.25, -0.2) is 4.79 Å². The maximum absolute atomic E-state index is 11.4. The molecule has 1 atom stereocenters. The third-order valence-corrected chi connectivity index (χ3v) is 1.95. The van der Waals surface area contributed by atoms with Gasteiger partial charge in [-0.05, 0) is 24.1 Å². The second kappa shape index (κ2) is 5.36. The van der Waals surface area contributed by atoms with Crippen LogP contribution in [0.5, 0.6) is 5.75 Å². The molecule has 0 amide bonds. The first-order valence-corrected chi connectivity index (χ1v) is 4.86. The summed E-state index contributed by atoms with van der Waals surface area (Å²) in [5.41, 5.74) is 6.31. The Morgan fingerprint density at radius 1 is 1.47 bits per heavy atom. The molecule has 0 saturated carbocycles. The van der Waals surface area contributed by atoms with Crippen molar-refractivity contribution in [3.8, 4) is 5.75 Å². The molecular weight excluding hydrogens is 194 g/mol. The van der Waals surface area contributed by atoms with Gasteiger partial charge in [0.05, 0.1) is 6.61 Å². The number of hydrogen-bond donors (Lipinski definition) is 2. The highest BCUT2D eigenvalue weighted by Crippen LogP contribution is 2.16. The van der Waals surface area contributed by atoms with E-state index in [1.807, 2.05) is 6.92 Å². The molecule has 0 aromatic heterocycles. The van der Waals surface area contributed by atoms with Crippen LogP contribution in [0.15, 0.2) is 24.3 Å². The highest BCUT2D eigenvalue weighted by molar-refractivity contribution is 5.77. The Labute approximate surface area is 88.7 Å². The number of ether oxygens (including phenoxy) is 1. The summed E-state index contributed by atoms with van der Waals surface area (Å²) in [6, 6.07) is 5.41. The van der Waals surface area contributed by atoms with E-state index in [-0.39, 0.29) is 5.75 Å². The zero-order chi connectivity index (χ0) is 11.3. The summed E-state index contributed by atoms with van der Waals surface area (Å²) in [5, 5.41) is 9.06. The largest absolute Gasteiger partial charge is 0.508 e. The first kappa shape index (κ1) is 11.5. The molecule has 0 unspecified atom stereocenters. The van der Waals surface area contributed by atoms with Gasteiger partial charge in [-0.15, -0.1) is 0 Å². The predicted octanol–water partition coefficient (Wildman–Crippen LogP) is 1.35. The number of hydrogen-bond acceptors (Lipinski definition) is 4. The molecule has 3 N–H and O–H groups in total. The van der Waals surface area contributed by atoms with Crippen molar-refractivity contribution in [3.63, 3.8) is 0 Å². The lowest BCUT2D eigenvalue weighted by Gasteiger charge is -2.11. The van der Waals surface area contributed by atoms with E-state index in [4.69, 9.17) is 15.6 Å².